The zero-order valence-corrected chi connectivity index (χ0v) is 11.8. The van der Waals surface area contributed by atoms with Gasteiger partial charge in [0.1, 0.15) is 5.75 Å². The van der Waals surface area contributed by atoms with E-state index in [9.17, 15) is 9.90 Å². The number of hydrogen-bond acceptors (Lipinski definition) is 2. The van der Waals surface area contributed by atoms with Crippen LogP contribution in [0.5, 0.6) is 5.75 Å². The van der Waals surface area contributed by atoms with Gasteiger partial charge in [0, 0.05) is 11.3 Å². The molecule has 0 bridgehead atoms. The fourth-order valence-corrected chi connectivity index (χ4v) is 2.30. The lowest BCUT2D eigenvalue weighted by molar-refractivity contribution is 0.102. The molecule has 0 spiro atoms. The number of nitrogens with one attached hydrogen (secondary N) is 1. The lowest BCUT2D eigenvalue weighted by Gasteiger charge is -2.07. The topological polar surface area (TPSA) is 49.3 Å². The van der Waals surface area contributed by atoms with E-state index in [0.29, 0.717) is 11.3 Å². The number of aromatic hydroxyl groups is 1. The van der Waals surface area contributed by atoms with Gasteiger partial charge >= 0.3 is 0 Å². The summed E-state index contributed by atoms with van der Waals surface area (Å²) in [5.41, 5.74) is 1.11. The SMILES string of the molecule is O=C(Nc1ccc2ccccc2c1)c1ccc(O)c(Cl)c1. The molecule has 0 aromatic heterocycles. The Balaban J connectivity index is 1.87. The van der Waals surface area contributed by atoms with Crippen molar-refractivity contribution < 1.29 is 9.90 Å². The second-order valence-corrected chi connectivity index (χ2v) is 5.09. The van der Waals surface area contributed by atoms with Gasteiger partial charge < -0.3 is 10.4 Å². The van der Waals surface area contributed by atoms with E-state index in [4.69, 9.17) is 11.6 Å². The van der Waals surface area contributed by atoms with Gasteiger partial charge in [-0.15, -0.1) is 0 Å². The number of phenolic OH excluding ortho intramolecular Hbond substituents is 1. The summed E-state index contributed by atoms with van der Waals surface area (Å²) in [5, 5.41) is 14.5. The van der Waals surface area contributed by atoms with Crippen molar-refractivity contribution in [3.05, 3.63) is 71.2 Å². The van der Waals surface area contributed by atoms with Gasteiger partial charge in [0.05, 0.1) is 5.02 Å². The molecule has 1 amide bonds. The van der Waals surface area contributed by atoms with Crippen LogP contribution in [0, 0.1) is 0 Å². The molecule has 21 heavy (non-hydrogen) atoms. The van der Waals surface area contributed by atoms with Crippen LogP contribution in [0.2, 0.25) is 5.02 Å². The smallest absolute Gasteiger partial charge is 0.255 e. The molecule has 0 unspecified atom stereocenters. The first kappa shape index (κ1) is 13.5. The summed E-state index contributed by atoms with van der Waals surface area (Å²) in [4.78, 5) is 12.2. The molecule has 0 radical (unpaired) electrons. The van der Waals surface area contributed by atoms with Crippen molar-refractivity contribution in [2.45, 2.75) is 0 Å². The minimum Gasteiger partial charge on any atom is -0.506 e. The maximum absolute atomic E-state index is 12.2. The second kappa shape index (κ2) is 5.46. The minimum absolute atomic E-state index is 0.0427. The Morgan fingerprint density at radius 3 is 2.48 bits per heavy atom. The lowest BCUT2D eigenvalue weighted by Crippen LogP contribution is -2.11. The molecule has 2 N–H and O–H groups in total. The molecule has 3 rings (SSSR count). The highest BCUT2D eigenvalue weighted by Crippen LogP contribution is 2.24. The molecule has 0 saturated carbocycles. The number of phenols is 1. The van der Waals surface area contributed by atoms with Crippen LogP contribution in [-0.2, 0) is 0 Å². The third-order valence-electron chi connectivity index (χ3n) is 3.22. The third kappa shape index (κ3) is 2.83. The Hall–Kier alpha value is -2.52. The number of amides is 1. The van der Waals surface area contributed by atoms with Crippen LogP contribution in [0.1, 0.15) is 10.4 Å². The molecule has 0 heterocycles. The van der Waals surface area contributed by atoms with Gasteiger partial charge in [0.2, 0.25) is 0 Å². The van der Waals surface area contributed by atoms with Crippen molar-refractivity contribution in [2.75, 3.05) is 5.32 Å². The fourth-order valence-electron chi connectivity index (χ4n) is 2.12. The van der Waals surface area contributed by atoms with Gasteiger partial charge in [-0.2, -0.15) is 0 Å². The number of fused-ring (bicyclic) bond motifs is 1. The van der Waals surface area contributed by atoms with Crippen LogP contribution in [0.3, 0.4) is 0 Å². The fraction of sp³-hybridized carbons (Fsp3) is 0. The first-order valence-electron chi connectivity index (χ1n) is 6.42. The molecule has 0 saturated heterocycles. The van der Waals surface area contributed by atoms with Crippen molar-refractivity contribution in [3.63, 3.8) is 0 Å². The molecule has 0 aliphatic rings. The molecule has 0 aliphatic carbocycles. The van der Waals surface area contributed by atoms with Crippen molar-refractivity contribution in [1.29, 1.82) is 0 Å². The van der Waals surface area contributed by atoms with E-state index in [1.807, 2.05) is 42.5 Å². The second-order valence-electron chi connectivity index (χ2n) is 4.68. The van der Waals surface area contributed by atoms with E-state index in [0.717, 1.165) is 10.8 Å². The van der Waals surface area contributed by atoms with Crippen LogP contribution < -0.4 is 5.32 Å². The predicted octanol–water partition coefficient (Wildman–Crippen LogP) is 4.45. The van der Waals surface area contributed by atoms with Gasteiger partial charge in [-0.25, -0.2) is 0 Å². The van der Waals surface area contributed by atoms with E-state index < -0.39 is 0 Å². The zero-order chi connectivity index (χ0) is 14.8. The van der Waals surface area contributed by atoms with Crippen LogP contribution >= 0.6 is 11.6 Å². The number of carbonyl (C=O) groups excluding carboxylic acids is 1. The van der Waals surface area contributed by atoms with E-state index in [1.54, 1.807) is 0 Å². The normalized spacial score (nSPS) is 10.5. The largest absolute Gasteiger partial charge is 0.506 e. The average Bonchev–Trinajstić information content (AvgIpc) is 2.50. The van der Waals surface area contributed by atoms with Crippen molar-refractivity contribution in [2.24, 2.45) is 0 Å². The molecule has 104 valence electrons. The first-order valence-corrected chi connectivity index (χ1v) is 6.80. The molecule has 0 aliphatic heterocycles. The van der Waals surface area contributed by atoms with Crippen molar-refractivity contribution >= 4 is 34.0 Å². The van der Waals surface area contributed by atoms with Crippen LogP contribution in [0.15, 0.2) is 60.7 Å². The molecular weight excluding hydrogens is 286 g/mol. The predicted molar refractivity (Wildman–Crippen MR) is 85.0 cm³/mol. The lowest BCUT2D eigenvalue weighted by atomic mass is 10.1. The first-order chi connectivity index (χ1) is 10.1. The molecular formula is C17H12ClNO2. The number of halogens is 1. The standard InChI is InChI=1S/C17H12ClNO2/c18-15-10-13(6-8-16(15)20)17(21)19-14-7-5-11-3-1-2-4-12(11)9-14/h1-10,20H,(H,19,21). The maximum atomic E-state index is 12.2. The Kier molecular flexibility index (Phi) is 3.50. The summed E-state index contributed by atoms with van der Waals surface area (Å²) in [6.45, 7) is 0. The Morgan fingerprint density at radius 1 is 0.952 bits per heavy atom. The number of hydrogen-bond donors (Lipinski definition) is 2. The summed E-state index contributed by atoms with van der Waals surface area (Å²) < 4.78 is 0. The summed E-state index contributed by atoms with van der Waals surface area (Å²) in [7, 11) is 0. The van der Waals surface area contributed by atoms with Gasteiger partial charge in [0.25, 0.3) is 5.91 Å². The Labute approximate surface area is 126 Å². The molecule has 3 aromatic carbocycles. The summed E-state index contributed by atoms with van der Waals surface area (Å²) in [6.07, 6.45) is 0. The average molecular weight is 298 g/mol. The van der Waals surface area contributed by atoms with Gasteiger partial charge in [-0.05, 0) is 41.1 Å². The van der Waals surface area contributed by atoms with E-state index >= 15 is 0 Å². The van der Waals surface area contributed by atoms with Crippen LogP contribution in [-0.4, -0.2) is 11.0 Å². The molecule has 0 atom stereocenters. The van der Waals surface area contributed by atoms with E-state index in [-0.39, 0.29) is 16.7 Å². The van der Waals surface area contributed by atoms with Gasteiger partial charge in [-0.1, -0.05) is 41.9 Å². The third-order valence-corrected chi connectivity index (χ3v) is 3.52. The number of carbonyl (C=O) groups is 1. The van der Waals surface area contributed by atoms with Crippen LogP contribution in [0.4, 0.5) is 5.69 Å². The maximum Gasteiger partial charge on any atom is 0.255 e. The zero-order valence-electron chi connectivity index (χ0n) is 11.0. The highest BCUT2D eigenvalue weighted by molar-refractivity contribution is 6.32. The summed E-state index contributed by atoms with van der Waals surface area (Å²) >= 11 is 5.81. The summed E-state index contributed by atoms with van der Waals surface area (Å²) in [5.74, 6) is -0.314. The van der Waals surface area contributed by atoms with E-state index in [1.165, 1.54) is 18.2 Å². The summed E-state index contributed by atoms with van der Waals surface area (Å²) in [6, 6.07) is 18.0. The van der Waals surface area contributed by atoms with E-state index in [2.05, 4.69) is 5.32 Å². The Morgan fingerprint density at radius 2 is 1.71 bits per heavy atom. The van der Waals surface area contributed by atoms with Gasteiger partial charge in [-0.3, -0.25) is 4.79 Å². The molecule has 3 aromatic rings. The number of anilines is 1. The highest BCUT2D eigenvalue weighted by atomic mass is 35.5. The molecule has 0 fully saturated rings. The Bertz CT molecular complexity index is 830. The van der Waals surface area contributed by atoms with Crippen molar-refractivity contribution in [1.82, 2.24) is 0 Å². The highest BCUT2D eigenvalue weighted by Gasteiger charge is 2.09. The van der Waals surface area contributed by atoms with Gasteiger partial charge in [0.15, 0.2) is 0 Å². The number of rotatable bonds is 2. The van der Waals surface area contributed by atoms with Crippen molar-refractivity contribution in [3.8, 4) is 5.75 Å². The van der Waals surface area contributed by atoms with Crippen LogP contribution in [0.25, 0.3) is 10.8 Å². The minimum atomic E-state index is -0.271. The molecule has 4 heteroatoms. The monoisotopic (exact) mass is 297 g/mol. The number of benzene rings is 3. The molecule has 3 nitrogen and oxygen atoms in total. The quantitative estimate of drug-likeness (QED) is 0.734.